The van der Waals surface area contributed by atoms with Gasteiger partial charge in [0, 0.05) is 0 Å². The molecule has 0 aliphatic rings. The van der Waals surface area contributed by atoms with Crippen molar-refractivity contribution in [3.8, 4) is 11.8 Å². The van der Waals surface area contributed by atoms with E-state index in [1.807, 2.05) is 30.3 Å². The molecule has 1 aromatic carbocycles. The highest BCUT2D eigenvalue weighted by Crippen LogP contribution is 2.25. The summed E-state index contributed by atoms with van der Waals surface area (Å²) in [7, 11) is 0. The van der Waals surface area contributed by atoms with E-state index >= 15 is 0 Å². The Kier molecular flexibility index (Phi) is 1.89. The number of hydrogen-bond acceptors (Lipinski definition) is 3. The molecule has 64 valence electrons. The minimum atomic E-state index is 0.0598. The van der Waals surface area contributed by atoms with E-state index in [4.69, 9.17) is 14.4 Å². The summed E-state index contributed by atoms with van der Waals surface area (Å²) < 4.78 is 10.4. The topological polar surface area (TPSA) is 46.2 Å². The third-order valence-corrected chi connectivity index (χ3v) is 1.75. The Morgan fingerprint density at radius 1 is 1.38 bits per heavy atom. The molecule has 0 saturated heterocycles. The molecule has 2 rings (SSSR count). The second kappa shape index (κ2) is 3.20. The first-order valence-electron chi connectivity index (χ1n) is 3.88. The Hall–Kier alpha value is -1.95. The Labute approximate surface area is 75.1 Å². The van der Waals surface area contributed by atoms with E-state index in [-0.39, 0.29) is 6.61 Å². The molecule has 3 nitrogen and oxygen atoms in total. The van der Waals surface area contributed by atoms with Crippen molar-refractivity contribution < 1.29 is 9.15 Å². The molecule has 0 unspecified atom stereocenters. The predicted molar refractivity (Wildman–Crippen MR) is 47.3 cm³/mol. The third-order valence-electron chi connectivity index (χ3n) is 1.75. The first-order valence-corrected chi connectivity index (χ1v) is 3.88. The summed E-state index contributed by atoms with van der Waals surface area (Å²) in [5.41, 5.74) is 0.774. The fourth-order valence-corrected chi connectivity index (χ4v) is 1.20. The van der Waals surface area contributed by atoms with Crippen molar-refractivity contribution in [1.29, 1.82) is 5.26 Å². The molecule has 13 heavy (non-hydrogen) atoms. The quantitative estimate of drug-likeness (QED) is 0.700. The van der Waals surface area contributed by atoms with E-state index < -0.39 is 0 Å². The lowest BCUT2D eigenvalue weighted by Crippen LogP contribution is -1.92. The highest BCUT2D eigenvalue weighted by molar-refractivity contribution is 5.83. The van der Waals surface area contributed by atoms with Crippen LogP contribution in [0.4, 0.5) is 0 Å². The second-order valence-electron chi connectivity index (χ2n) is 2.54. The molecule has 1 aromatic heterocycles. The predicted octanol–water partition coefficient (Wildman–Crippen LogP) is 2.34. The number of nitriles is 1. The molecule has 0 aliphatic carbocycles. The van der Waals surface area contributed by atoms with Crippen LogP contribution in [0, 0.1) is 11.3 Å². The first kappa shape index (κ1) is 7.69. The maximum Gasteiger partial charge on any atom is 0.174 e. The molecule has 0 fully saturated rings. The molecule has 1 heterocycles. The molecule has 2 aromatic rings. The standard InChI is InChI=1S/C10H7NO2/c11-5-7-13-10-3-1-2-9-8(10)4-6-12-9/h1-4,6H,7H2. The van der Waals surface area contributed by atoms with E-state index in [2.05, 4.69) is 0 Å². The second-order valence-corrected chi connectivity index (χ2v) is 2.54. The summed E-state index contributed by atoms with van der Waals surface area (Å²) in [5.74, 6) is 0.688. The minimum Gasteiger partial charge on any atom is -0.478 e. The van der Waals surface area contributed by atoms with Crippen molar-refractivity contribution >= 4 is 11.0 Å². The molecular formula is C10H7NO2. The zero-order valence-electron chi connectivity index (χ0n) is 6.86. The number of benzene rings is 1. The summed E-state index contributed by atoms with van der Waals surface area (Å²) in [6.07, 6.45) is 1.60. The Bertz CT molecular complexity index is 453. The average molecular weight is 173 g/mol. The van der Waals surface area contributed by atoms with Crippen LogP contribution in [-0.4, -0.2) is 6.61 Å². The molecule has 0 spiro atoms. The van der Waals surface area contributed by atoms with Gasteiger partial charge in [-0.25, -0.2) is 0 Å². The molecule has 0 aliphatic heterocycles. The van der Waals surface area contributed by atoms with Crippen molar-refractivity contribution in [3.05, 3.63) is 30.5 Å². The zero-order chi connectivity index (χ0) is 9.10. The highest BCUT2D eigenvalue weighted by Gasteiger charge is 2.02. The van der Waals surface area contributed by atoms with Crippen LogP contribution >= 0.6 is 0 Å². The normalized spacial score (nSPS) is 9.77. The van der Waals surface area contributed by atoms with Crippen LogP contribution < -0.4 is 4.74 Å². The summed E-state index contributed by atoms with van der Waals surface area (Å²) in [4.78, 5) is 0. The van der Waals surface area contributed by atoms with Gasteiger partial charge in [-0.1, -0.05) is 6.07 Å². The fourth-order valence-electron chi connectivity index (χ4n) is 1.20. The SMILES string of the molecule is N#CCOc1cccc2occc12. The van der Waals surface area contributed by atoms with Gasteiger partial charge >= 0.3 is 0 Å². The number of fused-ring (bicyclic) bond motifs is 1. The van der Waals surface area contributed by atoms with Crippen LogP contribution in [0.2, 0.25) is 0 Å². The maximum atomic E-state index is 8.35. The van der Waals surface area contributed by atoms with Crippen LogP contribution in [0.5, 0.6) is 5.75 Å². The largest absolute Gasteiger partial charge is 0.478 e. The van der Waals surface area contributed by atoms with Crippen LogP contribution in [0.25, 0.3) is 11.0 Å². The summed E-state index contributed by atoms with van der Waals surface area (Å²) in [5, 5.41) is 9.25. The summed E-state index contributed by atoms with van der Waals surface area (Å²) in [6.45, 7) is 0.0598. The molecule has 0 radical (unpaired) electrons. The number of furan rings is 1. The number of ether oxygens (including phenoxy) is 1. The lowest BCUT2D eigenvalue weighted by atomic mass is 10.2. The van der Waals surface area contributed by atoms with Crippen LogP contribution in [0.1, 0.15) is 0 Å². The van der Waals surface area contributed by atoms with Crippen molar-refractivity contribution in [2.24, 2.45) is 0 Å². The molecule has 3 heteroatoms. The molecular weight excluding hydrogens is 166 g/mol. The number of rotatable bonds is 2. The van der Waals surface area contributed by atoms with Gasteiger partial charge in [-0.3, -0.25) is 0 Å². The first-order chi connectivity index (χ1) is 6.42. The number of hydrogen-bond donors (Lipinski definition) is 0. The van der Waals surface area contributed by atoms with Gasteiger partial charge in [0.2, 0.25) is 0 Å². The minimum absolute atomic E-state index is 0.0598. The van der Waals surface area contributed by atoms with Gasteiger partial charge in [0.05, 0.1) is 11.6 Å². The molecule has 0 N–H and O–H groups in total. The van der Waals surface area contributed by atoms with E-state index in [1.54, 1.807) is 6.26 Å². The van der Waals surface area contributed by atoms with Crippen LogP contribution in [-0.2, 0) is 0 Å². The van der Waals surface area contributed by atoms with E-state index in [9.17, 15) is 0 Å². The van der Waals surface area contributed by atoms with Gasteiger partial charge in [-0.2, -0.15) is 5.26 Å². The van der Waals surface area contributed by atoms with Gasteiger partial charge in [0.25, 0.3) is 0 Å². The average Bonchev–Trinajstić information content (AvgIpc) is 2.62. The molecule has 0 atom stereocenters. The van der Waals surface area contributed by atoms with Gasteiger partial charge in [0.15, 0.2) is 6.61 Å². The lowest BCUT2D eigenvalue weighted by molar-refractivity contribution is 0.372. The van der Waals surface area contributed by atoms with Crippen LogP contribution in [0.15, 0.2) is 34.9 Å². The van der Waals surface area contributed by atoms with Crippen LogP contribution in [0.3, 0.4) is 0 Å². The number of nitrogens with zero attached hydrogens (tertiary/aromatic N) is 1. The fraction of sp³-hybridized carbons (Fsp3) is 0.100. The third kappa shape index (κ3) is 1.34. The Balaban J connectivity index is 2.44. The summed E-state index contributed by atoms with van der Waals surface area (Å²) >= 11 is 0. The highest BCUT2D eigenvalue weighted by atomic mass is 16.5. The molecule has 0 saturated carbocycles. The molecule has 0 amide bonds. The summed E-state index contributed by atoms with van der Waals surface area (Å²) in [6, 6.07) is 9.24. The van der Waals surface area contributed by atoms with Crippen molar-refractivity contribution in [2.75, 3.05) is 6.61 Å². The zero-order valence-corrected chi connectivity index (χ0v) is 6.86. The monoisotopic (exact) mass is 173 g/mol. The van der Waals surface area contributed by atoms with Crippen molar-refractivity contribution in [3.63, 3.8) is 0 Å². The van der Waals surface area contributed by atoms with Gasteiger partial charge in [0.1, 0.15) is 17.4 Å². The Morgan fingerprint density at radius 3 is 3.15 bits per heavy atom. The van der Waals surface area contributed by atoms with Gasteiger partial charge in [-0.15, -0.1) is 0 Å². The van der Waals surface area contributed by atoms with Crippen molar-refractivity contribution in [2.45, 2.75) is 0 Å². The van der Waals surface area contributed by atoms with E-state index in [0.717, 1.165) is 11.0 Å². The van der Waals surface area contributed by atoms with Crippen molar-refractivity contribution in [1.82, 2.24) is 0 Å². The maximum absolute atomic E-state index is 8.35. The van der Waals surface area contributed by atoms with Gasteiger partial charge in [-0.05, 0) is 18.2 Å². The van der Waals surface area contributed by atoms with E-state index in [0.29, 0.717) is 5.75 Å². The molecule has 0 bridgehead atoms. The Morgan fingerprint density at radius 2 is 2.31 bits per heavy atom. The van der Waals surface area contributed by atoms with E-state index in [1.165, 1.54) is 0 Å². The smallest absolute Gasteiger partial charge is 0.174 e. The van der Waals surface area contributed by atoms with Gasteiger partial charge < -0.3 is 9.15 Å². The lowest BCUT2D eigenvalue weighted by Gasteiger charge is -2.00.